The second kappa shape index (κ2) is 9.10. The minimum atomic E-state index is -0.951. The van der Waals surface area contributed by atoms with Crippen LogP contribution >= 0.6 is 0 Å². The van der Waals surface area contributed by atoms with Crippen molar-refractivity contribution in [2.45, 2.75) is 32.2 Å². The van der Waals surface area contributed by atoms with E-state index in [1.807, 2.05) is 36.4 Å². The Morgan fingerprint density at radius 1 is 1.03 bits per heavy atom. The molecule has 158 valence electrons. The smallest absolute Gasteiger partial charge is 0.307 e. The molecule has 0 aliphatic heterocycles. The highest BCUT2D eigenvalue weighted by atomic mass is 16.4. The van der Waals surface area contributed by atoms with Crippen molar-refractivity contribution in [2.75, 3.05) is 5.32 Å². The van der Waals surface area contributed by atoms with Crippen molar-refractivity contribution in [1.29, 1.82) is 0 Å². The molecule has 0 bridgehead atoms. The van der Waals surface area contributed by atoms with E-state index in [1.54, 1.807) is 24.3 Å². The summed E-state index contributed by atoms with van der Waals surface area (Å²) in [5.41, 5.74) is 10.9. The fourth-order valence-corrected chi connectivity index (χ4v) is 3.63. The molecule has 31 heavy (non-hydrogen) atoms. The maximum absolute atomic E-state index is 13.1. The van der Waals surface area contributed by atoms with Gasteiger partial charge in [0, 0.05) is 17.8 Å². The van der Waals surface area contributed by atoms with Crippen molar-refractivity contribution >= 4 is 17.6 Å². The van der Waals surface area contributed by atoms with Crippen LogP contribution in [-0.2, 0) is 24.2 Å². The first-order valence-corrected chi connectivity index (χ1v) is 10.4. The van der Waals surface area contributed by atoms with E-state index in [1.165, 1.54) is 12.8 Å². The van der Waals surface area contributed by atoms with Crippen molar-refractivity contribution in [3.05, 3.63) is 83.0 Å². The van der Waals surface area contributed by atoms with Gasteiger partial charge in [0.15, 0.2) is 0 Å². The Labute approximate surface area is 181 Å². The molecule has 0 spiro atoms. The molecule has 1 aromatic heterocycles. The van der Waals surface area contributed by atoms with E-state index in [-0.39, 0.29) is 12.3 Å². The van der Waals surface area contributed by atoms with Gasteiger partial charge in [-0.2, -0.15) is 0 Å². The first-order chi connectivity index (χ1) is 15.0. The third-order valence-electron chi connectivity index (χ3n) is 5.40. The molecule has 1 fully saturated rings. The lowest BCUT2D eigenvalue weighted by atomic mass is 10.0. The number of hydrogen-bond acceptors (Lipinski definition) is 4. The number of aliphatic carboxylic acids is 1. The zero-order chi connectivity index (χ0) is 21.8. The lowest BCUT2D eigenvalue weighted by molar-refractivity contribution is -0.136. The number of nitrogens with one attached hydrogen (secondary N) is 1. The number of para-hydroxylation sites is 1. The lowest BCUT2D eigenvalue weighted by Gasteiger charge is -2.12. The van der Waals surface area contributed by atoms with E-state index in [0.29, 0.717) is 29.4 Å². The van der Waals surface area contributed by atoms with Gasteiger partial charge in [0.05, 0.1) is 12.1 Å². The number of benzene rings is 2. The van der Waals surface area contributed by atoms with Crippen LogP contribution in [0.25, 0.3) is 11.3 Å². The van der Waals surface area contributed by atoms with Crippen molar-refractivity contribution in [1.82, 2.24) is 4.98 Å². The lowest BCUT2D eigenvalue weighted by Crippen LogP contribution is -2.16. The molecule has 0 unspecified atom stereocenters. The van der Waals surface area contributed by atoms with Gasteiger partial charge in [-0.1, -0.05) is 36.4 Å². The van der Waals surface area contributed by atoms with Crippen LogP contribution in [0.1, 0.15) is 40.0 Å². The van der Waals surface area contributed by atoms with Crippen LogP contribution in [0, 0.1) is 5.92 Å². The van der Waals surface area contributed by atoms with Crippen LogP contribution in [0.4, 0.5) is 5.69 Å². The second-order valence-corrected chi connectivity index (χ2v) is 7.98. The number of pyridine rings is 1. The molecular formula is C25H25N3O3. The van der Waals surface area contributed by atoms with Gasteiger partial charge in [0.1, 0.15) is 5.69 Å². The van der Waals surface area contributed by atoms with Gasteiger partial charge >= 0.3 is 5.97 Å². The van der Waals surface area contributed by atoms with Crippen LogP contribution in [0.2, 0.25) is 0 Å². The molecule has 4 N–H and O–H groups in total. The molecule has 1 aliphatic rings. The molecule has 0 atom stereocenters. The summed E-state index contributed by atoms with van der Waals surface area (Å²) in [6, 6.07) is 18.7. The average Bonchev–Trinajstić information content (AvgIpc) is 3.58. The number of carbonyl (C=O) groups is 2. The van der Waals surface area contributed by atoms with Gasteiger partial charge in [0.25, 0.3) is 5.91 Å². The topological polar surface area (TPSA) is 105 Å². The first-order valence-electron chi connectivity index (χ1n) is 10.4. The number of nitrogens with zero attached hydrogens (tertiary/aromatic N) is 1. The van der Waals surface area contributed by atoms with Crippen LogP contribution in [0.3, 0.4) is 0 Å². The van der Waals surface area contributed by atoms with E-state index in [2.05, 4.69) is 10.3 Å². The summed E-state index contributed by atoms with van der Waals surface area (Å²) in [5.74, 6) is -0.641. The molecule has 1 heterocycles. The summed E-state index contributed by atoms with van der Waals surface area (Å²) in [5, 5.41) is 12.0. The van der Waals surface area contributed by atoms with Crippen LogP contribution in [0.15, 0.2) is 60.7 Å². The van der Waals surface area contributed by atoms with Crippen molar-refractivity contribution in [3.63, 3.8) is 0 Å². The van der Waals surface area contributed by atoms with Gasteiger partial charge in [-0.3, -0.25) is 9.59 Å². The molecule has 1 saturated carbocycles. The van der Waals surface area contributed by atoms with E-state index in [9.17, 15) is 9.59 Å². The molecule has 2 aromatic carbocycles. The maximum Gasteiger partial charge on any atom is 0.307 e. The van der Waals surface area contributed by atoms with Gasteiger partial charge in [-0.25, -0.2) is 4.98 Å². The number of anilines is 1. The Hall–Kier alpha value is -3.51. The predicted molar refractivity (Wildman–Crippen MR) is 120 cm³/mol. The van der Waals surface area contributed by atoms with Crippen molar-refractivity contribution < 1.29 is 14.7 Å². The Morgan fingerprint density at radius 2 is 1.84 bits per heavy atom. The highest BCUT2D eigenvalue weighted by molar-refractivity contribution is 6.04. The number of carboxylic acids is 1. The van der Waals surface area contributed by atoms with E-state index in [4.69, 9.17) is 10.8 Å². The summed E-state index contributed by atoms with van der Waals surface area (Å²) in [7, 11) is 0. The zero-order valence-electron chi connectivity index (χ0n) is 17.2. The summed E-state index contributed by atoms with van der Waals surface area (Å²) < 4.78 is 0. The predicted octanol–water partition coefficient (Wildman–Crippen LogP) is 4.04. The summed E-state index contributed by atoms with van der Waals surface area (Å²) in [6.45, 7) is 0.434. The molecule has 0 radical (unpaired) electrons. The minimum Gasteiger partial charge on any atom is -0.481 e. The van der Waals surface area contributed by atoms with Gasteiger partial charge < -0.3 is 16.2 Å². The number of carbonyl (C=O) groups excluding carboxylic acids is 1. The summed E-state index contributed by atoms with van der Waals surface area (Å²) >= 11 is 0. The van der Waals surface area contributed by atoms with Gasteiger partial charge in [-0.05, 0) is 66.1 Å². The molecule has 0 saturated heterocycles. The number of nitrogens with two attached hydrogens (primary N) is 1. The standard InChI is InChI=1S/C25H25N3O3/c26-15-17-4-3-6-19(11-17)22-12-18(10-16-8-9-16)13-23(27-22)25(31)28-21-7-2-1-5-20(21)14-24(29)30/h1-7,11-13,16H,8-10,14-15,26H2,(H,28,31)(H,29,30). The fraction of sp³-hybridized carbons (Fsp3) is 0.240. The molecular weight excluding hydrogens is 390 g/mol. The fourth-order valence-electron chi connectivity index (χ4n) is 3.63. The van der Waals surface area contributed by atoms with E-state index >= 15 is 0 Å². The summed E-state index contributed by atoms with van der Waals surface area (Å²) in [4.78, 5) is 28.8. The van der Waals surface area contributed by atoms with Crippen molar-refractivity contribution in [2.24, 2.45) is 11.7 Å². The van der Waals surface area contributed by atoms with Crippen LogP contribution in [0.5, 0.6) is 0 Å². The monoisotopic (exact) mass is 415 g/mol. The first kappa shape index (κ1) is 20.8. The zero-order valence-corrected chi connectivity index (χ0v) is 17.2. The number of hydrogen-bond donors (Lipinski definition) is 3. The average molecular weight is 415 g/mol. The maximum atomic E-state index is 13.1. The molecule has 6 heteroatoms. The second-order valence-electron chi connectivity index (χ2n) is 7.98. The largest absolute Gasteiger partial charge is 0.481 e. The normalized spacial score (nSPS) is 13.1. The Balaban J connectivity index is 1.67. The highest BCUT2D eigenvalue weighted by Crippen LogP contribution is 2.33. The quantitative estimate of drug-likeness (QED) is 0.515. The van der Waals surface area contributed by atoms with Gasteiger partial charge in [0.2, 0.25) is 0 Å². The molecule has 3 aromatic rings. The highest BCUT2D eigenvalue weighted by Gasteiger charge is 2.23. The Bertz CT molecular complexity index is 1120. The Kier molecular flexibility index (Phi) is 6.09. The molecule has 1 amide bonds. The van der Waals surface area contributed by atoms with Crippen molar-refractivity contribution in [3.8, 4) is 11.3 Å². The van der Waals surface area contributed by atoms with E-state index in [0.717, 1.165) is 28.8 Å². The number of carboxylic acid groups (broad SMARTS) is 1. The molecule has 4 rings (SSSR count). The van der Waals surface area contributed by atoms with Gasteiger partial charge in [-0.15, -0.1) is 0 Å². The van der Waals surface area contributed by atoms with E-state index < -0.39 is 5.97 Å². The third kappa shape index (κ3) is 5.35. The number of rotatable bonds is 8. The minimum absolute atomic E-state index is 0.164. The number of amides is 1. The summed E-state index contributed by atoms with van der Waals surface area (Å²) in [6.07, 6.45) is 3.18. The van der Waals surface area contributed by atoms with Crippen LogP contribution < -0.4 is 11.1 Å². The van der Waals surface area contributed by atoms with Crippen LogP contribution in [-0.4, -0.2) is 22.0 Å². The number of aromatic nitrogens is 1. The molecule has 6 nitrogen and oxygen atoms in total. The SMILES string of the molecule is NCc1cccc(-c2cc(CC3CC3)cc(C(=O)Nc3ccccc3CC(=O)O)n2)c1. The third-order valence-corrected chi connectivity index (χ3v) is 5.40. The Morgan fingerprint density at radius 3 is 2.58 bits per heavy atom. The molecule has 1 aliphatic carbocycles.